The summed E-state index contributed by atoms with van der Waals surface area (Å²) < 4.78 is 13.5. The SMILES string of the molecule is CCCN1C[C@H]2CC[C@@H]1CN(C(=O)c1cc(F)ccc1C)C2. The Balaban J connectivity index is 1.80. The molecule has 2 atom stereocenters. The van der Waals surface area contributed by atoms with E-state index < -0.39 is 0 Å². The summed E-state index contributed by atoms with van der Waals surface area (Å²) >= 11 is 0. The topological polar surface area (TPSA) is 23.6 Å². The number of amides is 1. The Bertz CT molecular complexity index is 560. The van der Waals surface area contributed by atoms with E-state index in [9.17, 15) is 9.18 Å². The third-order valence-electron chi connectivity index (χ3n) is 5.06. The molecule has 1 aromatic rings. The molecule has 0 N–H and O–H groups in total. The minimum absolute atomic E-state index is 0.00718. The molecule has 4 rings (SSSR count). The van der Waals surface area contributed by atoms with Crippen molar-refractivity contribution >= 4 is 5.91 Å². The molecule has 1 amide bonds. The second-order valence-corrected chi connectivity index (χ2v) is 6.76. The largest absolute Gasteiger partial charge is 0.337 e. The lowest BCUT2D eigenvalue weighted by atomic mass is 9.95. The summed E-state index contributed by atoms with van der Waals surface area (Å²) in [5.41, 5.74) is 1.37. The Kier molecular flexibility index (Phi) is 4.48. The average Bonchev–Trinajstić information content (AvgIpc) is 2.81. The van der Waals surface area contributed by atoms with Crippen LogP contribution in [0.2, 0.25) is 0 Å². The van der Waals surface area contributed by atoms with Crippen molar-refractivity contribution in [2.24, 2.45) is 5.92 Å². The molecular weight excluding hydrogens is 279 g/mol. The van der Waals surface area contributed by atoms with Gasteiger partial charge in [0.25, 0.3) is 5.91 Å². The lowest BCUT2D eigenvalue weighted by molar-refractivity contribution is 0.0737. The van der Waals surface area contributed by atoms with Crippen LogP contribution in [-0.2, 0) is 0 Å². The first-order valence-electron chi connectivity index (χ1n) is 8.38. The van der Waals surface area contributed by atoms with E-state index in [1.807, 2.05) is 11.8 Å². The van der Waals surface area contributed by atoms with Gasteiger partial charge < -0.3 is 4.90 Å². The number of piperidine rings is 1. The van der Waals surface area contributed by atoms with Gasteiger partial charge in [0.15, 0.2) is 0 Å². The number of hydrogen-bond acceptors (Lipinski definition) is 2. The third kappa shape index (κ3) is 3.02. The van der Waals surface area contributed by atoms with Gasteiger partial charge in [-0.1, -0.05) is 13.0 Å². The van der Waals surface area contributed by atoms with Gasteiger partial charge in [0, 0.05) is 31.2 Å². The van der Waals surface area contributed by atoms with Crippen molar-refractivity contribution in [1.29, 1.82) is 0 Å². The number of carbonyl (C=O) groups excluding carboxylic acids is 1. The van der Waals surface area contributed by atoms with E-state index in [0.29, 0.717) is 17.5 Å². The number of hydrogen-bond donors (Lipinski definition) is 0. The van der Waals surface area contributed by atoms with Gasteiger partial charge >= 0.3 is 0 Å². The highest BCUT2D eigenvalue weighted by Gasteiger charge is 2.36. The summed E-state index contributed by atoms with van der Waals surface area (Å²) in [6, 6.07) is 4.96. The zero-order valence-corrected chi connectivity index (χ0v) is 13.5. The van der Waals surface area contributed by atoms with Crippen molar-refractivity contribution in [2.75, 3.05) is 26.2 Å². The zero-order valence-electron chi connectivity index (χ0n) is 13.5. The number of nitrogens with zero attached hydrogens (tertiary/aromatic N) is 2. The highest BCUT2D eigenvalue weighted by Crippen LogP contribution is 2.29. The average molecular weight is 304 g/mol. The molecule has 0 spiro atoms. The van der Waals surface area contributed by atoms with Crippen LogP contribution in [0.25, 0.3) is 0 Å². The van der Waals surface area contributed by atoms with Crippen LogP contribution in [0.3, 0.4) is 0 Å². The van der Waals surface area contributed by atoms with E-state index in [4.69, 9.17) is 0 Å². The molecule has 0 aliphatic carbocycles. The molecule has 3 heterocycles. The molecule has 3 nitrogen and oxygen atoms in total. The monoisotopic (exact) mass is 304 g/mol. The Morgan fingerprint density at radius 1 is 1.27 bits per heavy atom. The Morgan fingerprint density at radius 3 is 2.86 bits per heavy atom. The maximum atomic E-state index is 13.5. The minimum Gasteiger partial charge on any atom is -0.337 e. The van der Waals surface area contributed by atoms with Crippen LogP contribution in [0, 0.1) is 18.7 Å². The molecular formula is C18H25FN2O. The van der Waals surface area contributed by atoms with Crippen molar-refractivity contribution in [1.82, 2.24) is 9.80 Å². The van der Waals surface area contributed by atoms with Crippen molar-refractivity contribution < 1.29 is 9.18 Å². The number of aryl methyl sites for hydroxylation is 1. The Morgan fingerprint density at radius 2 is 2.09 bits per heavy atom. The zero-order chi connectivity index (χ0) is 15.7. The molecule has 1 aromatic carbocycles. The fraction of sp³-hybridized carbons (Fsp3) is 0.611. The van der Waals surface area contributed by atoms with Crippen LogP contribution in [0.4, 0.5) is 4.39 Å². The fourth-order valence-corrected chi connectivity index (χ4v) is 3.90. The van der Waals surface area contributed by atoms with Gasteiger partial charge in [-0.25, -0.2) is 4.39 Å². The summed E-state index contributed by atoms with van der Waals surface area (Å²) in [4.78, 5) is 17.3. The van der Waals surface area contributed by atoms with E-state index in [-0.39, 0.29) is 11.7 Å². The molecule has 3 saturated heterocycles. The molecule has 3 fully saturated rings. The Hall–Kier alpha value is -1.42. The van der Waals surface area contributed by atoms with Crippen LogP contribution in [0.15, 0.2) is 18.2 Å². The first-order chi connectivity index (χ1) is 10.6. The summed E-state index contributed by atoms with van der Waals surface area (Å²) in [6.07, 6.45) is 3.54. The second-order valence-electron chi connectivity index (χ2n) is 6.76. The van der Waals surface area contributed by atoms with E-state index in [1.165, 1.54) is 25.0 Å². The normalized spacial score (nSPS) is 25.3. The molecule has 3 aliphatic heterocycles. The lowest BCUT2D eigenvalue weighted by Gasteiger charge is -2.35. The molecule has 0 aromatic heterocycles. The summed E-state index contributed by atoms with van der Waals surface area (Å²) in [6.45, 7) is 7.89. The predicted octanol–water partition coefficient (Wildman–Crippen LogP) is 3.08. The van der Waals surface area contributed by atoms with Crippen LogP contribution in [0.1, 0.15) is 42.1 Å². The Labute approximate surface area is 132 Å². The van der Waals surface area contributed by atoms with Crippen LogP contribution in [0.5, 0.6) is 0 Å². The molecule has 0 unspecified atom stereocenters. The van der Waals surface area contributed by atoms with E-state index in [0.717, 1.165) is 38.2 Å². The van der Waals surface area contributed by atoms with Gasteiger partial charge in [-0.2, -0.15) is 0 Å². The first-order valence-corrected chi connectivity index (χ1v) is 8.38. The summed E-state index contributed by atoms with van der Waals surface area (Å²) in [5.74, 6) is 0.217. The van der Waals surface area contributed by atoms with Gasteiger partial charge in [-0.05, 0) is 56.3 Å². The number of rotatable bonds is 3. The predicted molar refractivity (Wildman–Crippen MR) is 85.4 cm³/mol. The van der Waals surface area contributed by atoms with Crippen molar-refractivity contribution in [2.45, 2.75) is 39.2 Å². The molecule has 22 heavy (non-hydrogen) atoms. The van der Waals surface area contributed by atoms with Crippen LogP contribution >= 0.6 is 0 Å². The maximum Gasteiger partial charge on any atom is 0.254 e. The number of fused-ring (bicyclic) bond motifs is 4. The van der Waals surface area contributed by atoms with Gasteiger partial charge in [0.1, 0.15) is 5.82 Å². The van der Waals surface area contributed by atoms with Gasteiger partial charge in [0.2, 0.25) is 0 Å². The number of carbonyl (C=O) groups is 1. The van der Waals surface area contributed by atoms with E-state index in [2.05, 4.69) is 11.8 Å². The molecule has 4 heteroatoms. The fourth-order valence-electron chi connectivity index (χ4n) is 3.90. The molecule has 120 valence electrons. The van der Waals surface area contributed by atoms with Crippen molar-refractivity contribution in [3.63, 3.8) is 0 Å². The van der Waals surface area contributed by atoms with Gasteiger partial charge in [-0.15, -0.1) is 0 Å². The summed E-state index contributed by atoms with van der Waals surface area (Å²) in [7, 11) is 0. The molecule has 3 aliphatic rings. The van der Waals surface area contributed by atoms with Crippen LogP contribution < -0.4 is 0 Å². The maximum absolute atomic E-state index is 13.5. The minimum atomic E-state index is -0.334. The van der Waals surface area contributed by atoms with E-state index >= 15 is 0 Å². The van der Waals surface area contributed by atoms with E-state index in [1.54, 1.807) is 6.07 Å². The highest BCUT2D eigenvalue weighted by atomic mass is 19.1. The standard InChI is InChI=1S/C18H25FN2O/c1-3-8-20-10-14-5-7-16(20)12-21(11-14)18(22)17-9-15(19)6-4-13(17)2/h4,6,9,14,16H,3,5,7-8,10-12H2,1-2H3/t14-,16-/m1/s1. The number of benzene rings is 1. The van der Waals surface area contributed by atoms with Crippen molar-refractivity contribution in [3.8, 4) is 0 Å². The molecule has 2 bridgehead atoms. The highest BCUT2D eigenvalue weighted by molar-refractivity contribution is 5.95. The first kappa shape index (κ1) is 15.5. The van der Waals surface area contributed by atoms with Gasteiger partial charge in [-0.3, -0.25) is 9.69 Å². The summed E-state index contributed by atoms with van der Waals surface area (Å²) in [5, 5.41) is 0. The van der Waals surface area contributed by atoms with Gasteiger partial charge in [0.05, 0.1) is 0 Å². The van der Waals surface area contributed by atoms with Crippen molar-refractivity contribution in [3.05, 3.63) is 35.1 Å². The number of halogens is 1. The molecule has 0 radical (unpaired) electrons. The second kappa shape index (κ2) is 6.37. The lowest BCUT2D eigenvalue weighted by Crippen LogP contribution is -2.44. The third-order valence-corrected chi connectivity index (χ3v) is 5.06. The molecule has 0 saturated carbocycles. The quantitative estimate of drug-likeness (QED) is 0.857. The smallest absolute Gasteiger partial charge is 0.254 e. The van der Waals surface area contributed by atoms with Crippen LogP contribution in [-0.4, -0.2) is 47.9 Å².